The number of halogens is 1. The lowest BCUT2D eigenvalue weighted by Gasteiger charge is -2.09. The van der Waals surface area contributed by atoms with Crippen LogP contribution in [-0.4, -0.2) is 15.1 Å². The highest BCUT2D eigenvalue weighted by atomic mass is 35.5. The Balaban J connectivity index is 1.48. The average Bonchev–Trinajstić information content (AvgIpc) is 3.06. The molecule has 2 aromatic heterocycles. The van der Waals surface area contributed by atoms with Gasteiger partial charge < -0.3 is 14.8 Å². The van der Waals surface area contributed by atoms with E-state index in [1.165, 1.54) is 0 Å². The number of aromatic hydroxyl groups is 1. The second kappa shape index (κ2) is 7.10. The number of H-pyrrole nitrogens is 1. The van der Waals surface area contributed by atoms with Crippen LogP contribution in [0.25, 0.3) is 11.0 Å². The molecule has 0 amide bonds. The molecule has 5 heteroatoms. The number of ether oxygens (including phenoxy) is 1. The number of aromatic amines is 1. The molecule has 0 atom stereocenters. The summed E-state index contributed by atoms with van der Waals surface area (Å²) in [6.45, 7) is 0.421. The molecule has 4 aromatic rings. The number of rotatable bonds is 5. The van der Waals surface area contributed by atoms with Crippen LogP contribution in [-0.2, 0) is 13.0 Å². The van der Waals surface area contributed by atoms with Crippen molar-refractivity contribution in [2.24, 2.45) is 0 Å². The van der Waals surface area contributed by atoms with Crippen LogP contribution in [0.2, 0.25) is 5.02 Å². The Morgan fingerprint density at radius 2 is 1.88 bits per heavy atom. The maximum atomic E-state index is 10.4. The van der Waals surface area contributed by atoms with Crippen molar-refractivity contribution in [1.29, 1.82) is 0 Å². The molecule has 0 fully saturated rings. The van der Waals surface area contributed by atoms with Crippen LogP contribution in [0, 0.1) is 0 Å². The second-order valence-corrected chi connectivity index (χ2v) is 6.53. The van der Waals surface area contributed by atoms with E-state index in [2.05, 4.69) is 9.97 Å². The maximum Gasteiger partial charge on any atom is 0.137 e. The molecule has 0 bridgehead atoms. The Morgan fingerprint density at radius 3 is 2.69 bits per heavy atom. The van der Waals surface area contributed by atoms with Gasteiger partial charge in [-0.05, 0) is 47.0 Å². The summed E-state index contributed by atoms with van der Waals surface area (Å²) in [6, 6.07) is 16.8. The first kappa shape index (κ1) is 16.5. The molecule has 2 N–H and O–H groups in total. The molecule has 0 saturated carbocycles. The number of phenols is 1. The van der Waals surface area contributed by atoms with Gasteiger partial charge in [-0.15, -0.1) is 0 Å². The van der Waals surface area contributed by atoms with Crippen LogP contribution in [0.15, 0.2) is 67.0 Å². The molecule has 0 saturated heterocycles. The second-order valence-electron chi connectivity index (χ2n) is 6.10. The number of fused-ring (bicyclic) bond motifs is 1. The highest BCUT2D eigenvalue weighted by Gasteiger charge is 2.09. The zero-order valence-corrected chi connectivity index (χ0v) is 14.7. The van der Waals surface area contributed by atoms with E-state index in [0.29, 0.717) is 23.8 Å². The highest BCUT2D eigenvalue weighted by molar-refractivity contribution is 6.30. The van der Waals surface area contributed by atoms with Crippen molar-refractivity contribution in [3.05, 3.63) is 88.7 Å². The van der Waals surface area contributed by atoms with Gasteiger partial charge in [0.2, 0.25) is 0 Å². The Kier molecular flexibility index (Phi) is 4.50. The van der Waals surface area contributed by atoms with Crippen molar-refractivity contribution in [3.63, 3.8) is 0 Å². The monoisotopic (exact) mass is 364 g/mol. The summed E-state index contributed by atoms with van der Waals surface area (Å²) >= 11 is 5.88. The third-order valence-corrected chi connectivity index (χ3v) is 4.55. The molecule has 26 heavy (non-hydrogen) atoms. The minimum atomic E-state index is 0.219. The molecule has 2 heterocycles. The van der Waals surface area contributed by atoms with Gasteiger partial charge in [-0.2, -0.15) is 0 Å². The number of hydrogen-bond donors (Lipinski definition) is 2. The molecule has 0 radical (unpaired) electrons. The summed E-state index contributed by atoms with van der Waals surface area (Å²) in [5, 5.41) is 12.1. The molecule has 4 rings (SSSR count). The summed E-state index contributed by atoms with van der Waals surface area (Å²) in [4.78, 5) is 7.45. The smallest absolute Gasteiger partial charge is 0.137 e. The molecule has 130 valence electrons. The summed E-state index contributed by atoms with van der Waals surface area (Å²) in [7, 11) is 0. The van der Waals surface area contributed by atoms with E-state index in [-0.39, 0.29) is 5.75 Å². The van der Waals surface area contributed by atoms with Gasteiger partial charge in [-0.25, -0.2) is 4.98 Å². The fourth-order valence-electron chi connectivity index (χ4n) is 2.89. The van der Waals surface area contributed by atoms with Crippen molar-refractivity contribution in [2.75, 3.05) is 0 Å². The predicted molar refractivity (Wildman–Crippen MR) is 103 cm³/mol. The highest BCUT2D eigenvalue weighted by Crippen LogP contribution is 2.28. The van der Waals surface area contributed by atoms with Crippen LogP contribution >= 0.6 is 11.6 Å². The summed E-state index contributed by atoms with van der Waals surface area (Å²) in [5.41, 5.74) is 3.81. The normalized spacial score (nSPS) is 11.0. The van der Waals surface area contributed by atoms with E-state index >= 15 is 0 Å². The molecule has 0 aliphatic heterocycles. The lowest BCUT2D eigenvalue weighted by atomic mass is 10.0. The summed E-state index contributed by atoms with van der Waals surface area (Å²) in [5.74, 6) is 0.846. The standard InChI is InChI=1S/C21H17ClN2O2/c22-17-6-3-14(4-7-17)13-26-18-8-5-15(20(25)11-18)10-16-12-24-21-19(16)2-1-9-23-21/h1-9,11-12,25H,10,13H2,(H,23,24). The Morgan fingerprint density at radius 1 is 1.04 bits per heavy atom. The number of nitrogens with one attached hydrogen (secondary N) is 1. The van der Waals surface area contributed by atoms with Crippen molar-refractivity contribution in [3.8, 4) is 11.5 Å². The van der Waals surface area contributed by atoms with Gasteiger partial charge in [0, 0.05) is 35.3 Å². The van der Waals surface area contributed by atoms with E-state index in [1.807, 2.05) is 54.7 Å². The van der Waals surface area contributed by atoms with Gasteiger partial charge in [-0.1, -0.05) is 29.8 Å². The van der Waals surface area contributed by atoms with Crippen LogP contribution < -0.4 is 4.74 Å². The van der Waals surface area contributed by atoms with Crippen LogP contribution in [0.3, 0.4) is 0 Å². The Bertz CT molecular complexity index is 1040. The van der Waals surface area contributed by atoms with E-state index in [9.17, 15) is 5.11 Å². The number of nitrogens with zero attached hydrogens (tertiary/aromatic N) is 1. The van der Waals surface area contributed by atoms with Crippen molar-refractivity contribution >= 4 is 22.6 Å². The Labute approximate surface area is 156 Å². The number of hydrogen-bond acceptors (Lipinski definition) is 3. The SMILES string of the molecule is Oc1cc(OCc2ccc(Cl)cc2)ccc1Cc1c[nH]c2ncccc12. The topological polar surface area (TPSA) is 58.1 Å². The molecule has 0 aliphatic carbocycles. The number of pyridine rings is 1. The third-order valence-electron chi connectivity index (χ3n) is 4.29. The van der Waals surface area contributed by atoms with Gasteiger partial charge in [0.1, 0.15) is 23.8 Å². The van der Waals surface area contributed by atoms with Crippen molar-refractivity contribution in [2.45, 2.75) is 13.0 Å². The van der Waals surface area contributed by atoms with Gasteiger partial charge in [0.15, 0.2) is 0 Å². The van der Waals surface area contributed by atoms with Crippen molar-refractivity contribution < 1.29 is 9.84 Å². The molecule has 0 aliphatic rings. The minimum absolute atomic E-state index is 0.219. The van der Waals surface area contributed by atoms with E-state index < -0.39 is 0 Å². The van der Waals surface area contributed by atoms with Gasteiger partial charge in [0.25, 0.3) is 0 Å². The largest absolute Gasteiger partial charge is 0.508 e. The number of aromatic nitrogens is 2. The summed E-state index contributed by atoms with van der Waals surface area (Å²) < 4.78 is 5.75. The number of phenolic OH excluding ortho intramolecular Hbond substituents is 1. The molecular formula is C21H17ClN2O2. The summed E-state index contributed by atoms with van der Waals surface area (Å²) in [6.07, 6.45) is 4.31. The zero-order chi connectivity index (χ0) is 17.9. The minimum Gasteiger partial charge on any atom is -0.508 e. The molecule has 0 spiro atoms. The first-order valence-corrected chi connectivity index (χ1v) is 8.67. The third kappa shape index (κ3) is 3.51. The maximum absolute atomic E-state index is 10.4. The van der Waals surface area contributed by atoms with Crippen LogP contribution in [0.4, 0.5) is 0 Å². The lowest BCUT2D eigenvalue weighted by Crippen LogP contribution is -1.96. The fraction of sp³-hybridized carbons (Fsp3) is 0.0952. The first-order chi connectivity index (χ1) is 12.7. The molecule has 4 nitrogen and oxygen atoms in total. The lowest BCUT2D eigenvalue weighted by molar-refractivity contribution is 0.304. The molecular weight excluding hydrogens is 348 g/mol. The first-order valence-electron chi connectivity index (χ1n) is 8.29. The quantitative estimate of drug-likeness (QED) is 0.518. The predicted octanol–water partition coefficient (Wildman–Crippen LogP) is 5.09. The van der Waals surface area contributed by atoms with E-state index in [0.717, 1.165) is 27.7 Å². The Hall–Kier alpha value is -2.98. The number of benzene rings is 2. The average molecular weight is 365 g/mol. The van der Waals surface area contributed by atoms with Crippen LogP contribution in [0.1, 0.15) is 16.7 Å². The molecule has 0 unspecified atom stereocenters. The van der Waals surface area contributed by atoms with Crippen LogP contribution in [0.5, 0.6) is 11.5 Å². The van der Waals surface area contributed by atoms with Gasteiger partial charge in [-0.3, -0.25) is 0 Å². The zero-order valence-electron chi connectivity index (χ0n) is 13.9. The van der Waals surface area contributed by atoms with E-state index in [4.69, 9.17) is 16.3 Å². The van der Waals surface area contributed by atoms with Gasteiger partial charge >= 0.3 is 0 Å². The van der Waals surface area contributed by atoms with E-state index in [1.54, 1.807) is 12.3 Å². The molecule has 2 aromatic carbocycles. The van der Waals surface area contributed by atoms with Gasteiger partial charge in [0.05, 0.1) is 0 Å². The fourth-order valence-corrected chi connectivity index (χ4v) is 3.02. The van der Waals surface area contributed by atoms with Crippen molar-refractivity contribution in [1.82, 2.24) is 9.97 Å².